The number of carbonyl (C=O) groups excluding carboxylic acids is 2. The normalized spacial score (nSPS) is 24.9. The molecule has 7 aromatic rings. The maximum atomic E-state index is 16.3. The summed E-state index contributed by atoms with van der Waals surface area (Å²) in [5, 5.41) is 31.0. The maximum absolute atomic E-state index is 16.3. The Hall–Kier alpha value is -7.38. The first-order valence-corrected chi connectivity index (χ1v) is 23.3. The van der Waals surface area contributed by atoms with Gasteiger partial charge in [0.2, 0.25) is 11.8 Å². The number of imidazole rings is 1. The van der Waals surface area contributed by atoms with Crippen molar-refractivity contribution in [2.45, 2.75) is 121 Å². The number of halogens is 5. The van der Waals surface area contributed by atoms with Gasteiger partial charge < -0.3 is 30.2 Å². The second-order valence-electron chi connectivity index (χ2n) is 19.3. The number of alkyl carbamates (subject to hydrolysis) is 2. The van der Waals surface area contributed by atoms with Crippen LogP contribution < -0.4 is 25.8 Å². The number of nitrogens with one attached hydrogen (secondary N) is 6. The van der Waals surface area contributed by atoms with E-state index in [4.69, 9.17) is 24.3 Å². The van der Waals surface area contributed by atoms with Crippen molar-refractivity contribution in [2.75, 3.05) is 17.2 Å². The number of nitrogens with zero attached hydrogens (tertiary/aromatic N) is 10. The van der Waals surface area contributed by atoms with Gasteiger partial charge in [-0.3, -0.25) is 19.5 Å². The summed E-state index contributed by atoms with van der Waals surface area (Å²) in [6.07, 6.45) is -4.59. The van der Waals surface area contributed by atoms with E-state index in [2.05, 4.69) is 51.6 Å². The van der Waals surface area contributed by atoms with Crippen LogP contribution in [0.4, 0.5) is 54.9 Å². The van der Waals surface area contributed by atoms with Crippen LogP contribution >= 0.6 is 0 Å². The number of hydrogen-bond donors (Lipinski definition) is 6. The number of amides is 2. The average molecular weight is 990 g/mol. The molecule has 21 nitrogen and oxygen atoms in total. The number of fused-ring (bicyclic) bond motifs is 2. The molecule has 12 rings (SSSR count). The molecule has 4 saturated carbocycles. The Morgan fingerprint density at radius 2 is 1.80 bits per heavy atom. The highest BCUT2D eigenvalue weighted by Gasteiger charge is 2.58. The first-order chi connectivity index (χ1) is 33.9. The molecule has 374 valence electrons. The fraction of sp³-hybridized carbons (Fsp3) is 0.489. The molecule has 5 aliphatic rings. The summed E-state index contributed by atoms with van der Waals surface area (Å²) in [4.78, 5) is 39.3. The zero-order valence-electron chi connectivity index (χ0n) is 39.0. The first-order valence-electron chi connectivity index (χ1n) is 23.3. The smallest absolute Gasteiger partial charge is 0.407 e. The van der Waals surface area contributed by atoms with Gasteiger partial charge in [-0.1, -0.05) is 9.78 Å². The largest absolute Gasteiger partial charge is 0.443 e. The van der Waals surface area contributed by atoms with Crippen LogP contribution in [0.15, 0.2) is 43.0 Å². The van der Waals surface area contributed by atoms with Crippen LogP contribution in [0.3, 0.4) is 0 Å². The maximum Gasteiger partial charge on any atom is 0.407 e. The highest BCUT2D eigenvalue weighted by molar-refractivity contribution is 5.81. The van der Waals surface area contributed by atoms with Crippen LogP contribution in [0.2, 0.25) is 0 Å². The molecule has 4 aliphatic carbocycles. The molecule has 26 heteroatoms. The number of rotatable bonds is 13. The van der Waals surface area contributed by atoms with E-state index in [9.17, 15) is 22.8 Å². The number of aromatic amines is 2. The van der Waals surface area contributed by atoms with Gasteiger partial charge in [-0.2, -0.15) is 23.4 Å². The quantitative estimate of drug-likeness (QED) is 0.0537. The lowest BCUT2D eigenvalue weighted by Gasteiger charge is -2.61. The molecule has 7 aromatic heterocycles. The lowest BCUT2D eigenvalue weighted by Crippen LogP contribution is -2.68. The van der Waals surface area contributed by atoms with Crippen LogP contribution in [0.1, 0.15) is 86.3 Å². The van der Waals surface area contributed by atoms with E-state index >= 15 is 8.78 Å². The molecule has 71 heavy (non-hydrogen) atoms. The summed E-state index contributed by atoms with van der Waals surface area (Å²) in [7, 11) is 1.81. The molecular formula is C45H50F5N16O5+. The van der Waals surface area contributed by atoms with Crippen molar-refractivity contribution in [3.8, 4) is 17.1 Å². The van der Waals surface area contributed by atoms with Crippen LogP contribution in [-0.4, -0.2) is 115 Å². The predicted octanol–water partition coefficient (Wildman–Crippen LogP) is 6.48. The van der Waals surface area contributed by atoms with Gasteiger partial charge in [-0.15, -0.1) is 4.52 Å². The van der Waals surface area contributed by atoms with Crippen molar-refractivity contribution < 1.29 is 50.3 Å². The van der Waals surface area contributed by atoms with Crippen molar-refractivity contribution in [2.24, 2.45) is 13.0 Å². The van der Waals surface area contributed by atoms with E-state index in [1.54, 1.807) is 47.6 Å². The van der Waals surface area contributed by atoms with Crippen LogP contribution in [0, 0.1) is 19.8 Å². The molecule has 0 radical (unpaired) electrons. The zero-order valence-corrected chi connectivity index (χ0v) is 39.0. The minimum Gasteiger partial charge on any atom is -0.443 e. The van der Waals surface area contributed by atoms with Gasteiger partial charge in [0.25, 0.3) is 0 Å². The molecule has 2 bridgehead atoms. The molecule has 1 aliphatic heterocycles. The van der Waals surface area contributed by atoms with Gasteiger partial charge >= 0.3 is 24.2 Å². The second-order valence-corrected chi connectivity index (χ2v) is 19.3. The van der Waals surface area contributed by atoms with Gasteiger partial charge in [0.1, 0.15) is 30.3 Å². The summed E-state index contributed by atoms with van der Waals surface area (Å²) >= 11 is 0. The van der Waals surface area contributed by atoms with Gasteiger partial charge in [0, 0.05) is 60.8 Å². The fourth-order valence-electron chi connectivity index (χ4n) is 10.3. The minimum absolute atomic E-state index is 0.0408. The summed E-state index contributed by atoms with van der Waals surface area (Å²) in [6, 6.07) is 4.07. The predicted molar refractivity (Wildman–Crippen MR) is 241 cm³/mol. The molecule has 0 unspecified atom stereocenters. The van der Waals surface area contributed by atoms with E-state index in [1.807, 2.05) is 20.9 Å². The summed E-state index contributed by atoms with van der Waals surface area (Å²) in [6.45, 7) is 6.91. The monoisotopic (exact) mass is 989 g/mol. The number of hydrogen-bond acceptors (Lipinski definition) is 13. The Balaban J connectivity index is 0.934. The van der Waals surface area contributed by atoms with Crippen molar-refractivity contribution >= 4 is 46.8 Å². The van der Waals surface area contributed by atoms with Crippen molar-refractivity contribution in [1.29, 1.82) is 0 Å². The second kappa shape index (κ2) is 17.2. The molecule has 1 saturated heterocycles. The molecule has 2 amide bonds. The number of H-pyrrole nitrogens is 2. The molecule has 8 heterocycles. The summed E-state index contributed by atoms with van der Waals surface area (Å²) in [5.41, 5.74) is 3.65. The fourth-order valence-corrected chi connectivity index (χ4v) is 10.3. The van der Waals surface area contributed by atoms with Crippen LogP contribution in [0.25, 0.3) is 28.2 Å². The first kappa shape index (κ1) is 46.0. The molecular weight excluding hydrogens is 940 g/mol. The van der Waals surface area contributed by atoms with E-state index in [1.165, 1.54) is 27.5 Å². The Bertz CT molecular complexity index is 3160. The number of anilines is 4. The van der Waals surface area contributed by atoms with E-state index in [-0.39, 0.29) is 64.3 Å². The lowest BCUT2D eigenvalue weighted by molar-refractivity contribution is -0.572. The third-order valence-corrected chi connectivity index (χ3v) is 13.7. The van der Waals surface area contributed by atoms with Crippen molar-refractivity contribution in [3.05, 3.63) is 71.3 Å². The zero-order chi connectivity index (χ0) is 49.7. The van der Waals surface area contributed by atoms with E-state index < -0.39 is 61.4 Å². The number of aryl methyl sites for hydroxylation is 3. The van der Waals surface area contributed by atoms with Crippen LogP contribution in [0.5, 0.6) is 0 Å². The lowest BCUT2D eigenvalue weighted by atomic mass is 9.50. The minimum atomic E-state index is -4.62. The number of alkyl halides is 5. The summed E-state index contributed by atoms with van der Waals surface area (Å²) < 4.78 is 97.0. The average Bonchev–Trinajstić information content (AvgIpc) is 4.15. The van der Waals surface area contributed by atoms with Crippen LogP contribution in [-0.2, 0) is 27.7 Å². The standard InChI is InChI=1S/C45H49F5N16O5/c1-20(2)54-42(67)71-30-19-69-38(36(30)47)27-12-32(57-41-55-22(4)34(40-51-8-9-64(40)41)37-21(3)17-53-63(37)5)66(62-27)33-18-52-39(28-10-24(61-65(28)33)16-45(48,49)50)56-31-11-26(59-60-31)25-6-7-29(35(25)46)70-43(68)58-44-13-23(14-44)15-44/h8-12,17-18,20,23,25,29-30,35-36,38H,6-7,13-16,19H2,1-5H3,(H5,51,52,53,54,55,56,57,58,59,60,61,62,67,68)/p+1/t23?,25-,29-,30-,35+,36+,38-,44?/m0/s1. The molecule has 0 spiro atoms. The van der Waals surface area contributed by atoms with Gasteiger partial charge in [0.05, 0.1) is 41.9 Å². The highest BCUT2D eigenvalue weighted by atomic mass is 19.4. The van der Waals surface area contributed by atoms with Gasteiger partial charge in [-0.25, -0.2) is 38.4 Å². The third kappa shape index (κ3) is 8.49. The van der Waals surface area contributed by atoms with E-state index in [0.29, 0.717) is 35.8 Å². The number of aromatic nitrogens is 12. The number of carbonyl (C=O) groups is 2. The molecule has 6 atom stereocenters. The Morgan fingerprint density at radius 3 is 2.52 bits per heavy atom. The SMILES string of the molecule is Cc1cnn(C)c1-c1c(C)nc(Nc2cc([C@@H]3OC[C@H](OC(=O)NC(C)C)[C@H]3F)nn2-c2cnc(Nc3cc([C@@H]4CC[C@H](OC(=O)NC56CC(C5)C6)[C@@H]4F)[nH]n3)c3cc(CC(F)(F)F)[nH][n+]23)n2ccnc12. The Labute approximate surface area is 400 Å². The molecule has 0 aromatic carbocycles. The summed E-state index contributed by atoms with van der Waals surface area (Å²) in [5.74, 6) is 0.678. The molecule has 6 N–H and O–H groups in total. The Kier molecular flexibility index (Phi) is 11.1. The molecule has 5 fully saturated rings. The highest BCUT2D eigenvalue weighted by Crippen LogP contribution is 2.57. The topological polar surface area (TPSA) is 237 Å². The Morgan fingerprint density at radius 1 is 1.01 bits per heavy atom. The number of ether oxygens (including phenoxy) is 3. The third-order valence-electron chi connectivity index (χ3n) is 13.7. The van der Waals surface area contributed by atoms with E-state index in [0.717, 1.165) is 36.1 Å². The van der Waals surface area contributed by atoms with Gasteiger partial charge in [-0.05, 0) is 71.3 Å². The van der Waals surface area contributed by atoms with Crippen molar-refractivity contribution in [3.63, 3.8) is 0 Å². The van der Waals surface area contributed by atoms with Gasteiger partial charge in [0.15, 0.2) is 35.1 Å². The van der Waals surface area contributed by atoms with Crippen molar-refractivity contribution in [1.82, 2.24) is 64.8 Å².